The van der Waals surface area contributed by atoms with Crippen LogP contribution < -0.4 is 10.9 Å². The molecule has 0 unspecified atom stereocenters. The molecule has 136 valence electrons. The average molecular weight is 343 g/mol. The van der Waals surface area contributed by atoms with Crippen molar-refractivity contribution in [1.29, 1.82) is 0 Å². The third-order valence-electron chi connectivity index (χ3n) is 6.34. The van der Waals surface area contributed by atoms with E-state index >= 15 is 0 Å². The monoisotopic (exact) mass is 343 g/mol. The predicted molar refractivity (Wildman–Crippen MR) is 96.5 cm³/mol. The number of nitrogens with one attached hydrogen (secondary N) is 1. The van der Waals surface area contributed by atoms with Crippen molar-refractivity contribution >= 4 is 5.91 Å². The summed E-state index contributed by atoms with van der Waals surface area (Å²) in [7, 11) is 0. The van der Waals surface area contributed by atoms with Gasteiger partial charge >= 0.3 is 0 Å². The fraction of sp³-hybridized carbons (Fsp3) is 0.750. The first-order valence-electron chi connectivity index (χ1n) is 10.1. The number of fused-ring (bicyclic) bond motifs is 1. The van der Waals surface area contributed by atoms with Crippen molar-refractivity contribution in [3.8, 4) is 0 Å². The standard InChI is InChI=1S/C20H29N3O2/c24-19(12-14-4-1-2-5-14)21-16-8-10-17(11-9-16)23-20(25)13-15-6-3-7-18(15)22-23/h13-14,16-17H,1-12H2,(H,21,24). The molecule has 4 rings (SSSR count). The van der Waals surface area contributed by atoms with Gasteiger partial charge in [0.2, 0.25) is 5.91 Å². The van der Waals surface area contributed by atoms with Crippen molar-refractivity contribution in [3.05, 3.63) is 27.7 Å². The highest BCUT2D eigenvalue weighted by molar-refractivity contribution is 5.76. The van der Waals surface area contributed by atoms with Crippen molar-refractivity contribution < 1.29 is 4.79 Å². The highest BCUT2D eigenvalue weighted by atomic mass is 16.1. The van der Waals surface area contributed by atoms with Gasteiger partial charge < -0.3 is 5.32 Å². The van der Waals surface area contributed by atoms with Gasteiger partial charge in [-0.25, -0.2) is 4.68 Å². The number of nitrogens with zero attached hydrogens (tertiary/aromatic N) is 2. The largest absolute Gasteiger partial charge is 0.353 e. The Bertz CT molecular complexity index is 683. The second-order valence-electron chi connectivity index (χ2n) is 8.18. The maximum atomic E-state index is 12.4. The molecule has 1 aromatic heterocycles. The first-order chi connectivity index (χ1) is 12.2. The lowest BCUT2D eigenvalue weighted by Gasteiger charge is -2.30. The summed E-state index contributed by atoms with van der Waals surface area (Å²) in [5.41, 5.74) is 2.31. The molecule has 0 aromatic carbocycles. The minimum atomic E-state index is 0.0503. The second kappa shape index (κ2) is 7.30. The molecule has 2 fully saturated rings. The van der Waals surface area contributed by atoms with Gasteiger partial charge in [0.1, 0.15) is 0 Å². The molecule has 5 nitrogen and oxygen atoms in total. The zero-order valence-corrected chi connectivity index (χ0v) is 15.0. The summed E-state index contributed by atoms with van der Waals surface area (Å²) in [6.07, 6.45) is 12.6. The maximum absolute atomic E-state index is 12.4. The van der Waals surface area contributed by atoms with Crippen molar-refractivity contribution in [2.45, 2.75) is 89.1 Å². The summed E-state index contributed by atoms with van der Waals surface area (Å²) in [4.78, 5) is 24.6. The van der Waals surface area contributed by atoms with E-state index in [0.717, 1.165) is 56.2 Å². The van der Waals surface area contributed by atoms with Crippen LogP contribution in [0.15, 0.2) is 10.9 Å². The van der Waals surface area contributed by atoms with Crippen LogP contribution in [0.2, 0.25) is 0 Å². The van der Waals surface area contributed by atoms with E-state index in [0.29, 0.717) is 12.3 Å². The molecule has 3 aliphatic rings. The smallest absolute Gasteiger partial charge is 0.267 e. The molecule has 5 heteroatoms. The SMILES string of the molecule is O=C(CC1CCCC1)NC1CCC(n2nc3c(cc2=O)CCC3)CC1. The quantitative estimate of drug-likeness (QED) is 0.914. The molecule has 0 saturated heterocycles. The van der Waals surface area contributed by atoms with E-state index in [-0.39, 0.29) is 23.6 Å². The highest BCUT2D eigenvalue weighted by Crippen LogP contribution is 2.30. The molecule has 0 aliphatic heterocycles. The van der Waals surface area contributed by atoms with Gasteiger partial charge in [-0.05, 0) is 69.3 Å². The van der Waals surface area contributed by atoms with Crippen LogP contribution >= 0.6 is 0 Å². The van der Waals surface area contributed by atoms with Gasteiger partial charge in [0.15, 0.2) is 0 Å². The molecular weight excluding hydrogens is 314 g/mol. The van der Waals surface area contributed by atoms with Gasteiger partial charge in [0.25, 0.3) is 5.56 Å². The van der Waals surface area contributed by atoms with Crippen LogP contribution in [0.4, 0.5) is 0 Å². The lowest BCUT2D eigenvalue weighted by atomic mass is 9.91. The van der Waals surface area contributed by atoms with E-state index in [1.807, 2.05) is 0 Å². The fourth-order valence-corrected chi connectivity index (χ4v) is 4.90. The number of carbonyl (C=O) groups is 1. The topological polar surface area (TPSA) is 64.0 Å². The molecule has 0 spiro atoms. The number of aromatic nitrogens is 2. The van der Waals surface area contributed by atoms with E-state index < -0.39 is 0 Å². The summed E-state index contributed by atoms with van der Waals surface area (Å²) in [6, 6.07) is 2.27. The van der Waals surface area contributed by atoms with Crippen LogP contribution in [0, 0.1) is 5.92 Å². The lowest BCUT2D eigenvalue weighted by molar-refractivity contribution is -0.122. The molecule has 0 atom stereocenters. The highest BCUT2D eigenvalue weighted by Gasteiger charge is 2.27. The molecule has 1 N–H and O–H groups in total. The molecule has 0 bridgehead atoms. The number of aryl methyl sites for hydroxylation is 2. The Morgan fingerprint density at radius 3 is 2.60 bits per heavy atom. The minimum Gasteiger partial charge on any atom is -0.353 e. The van der Waals surface area contributed by atoms with Crippen LogP contribution in [-0.4, -0.2) is 21.7 Å². The molecule has 3 aliphatic carbocycles. The van der Waals surface area contributed by atoms with Crippen LogP contribution in [0.25, 0.3) is 0 Å². The van der Waals surface area contributed by atoms with E-state index in [4.69, 9.17) is 0 Å². The normalized spacial score (nSPS) is 26.6. The average Bonchev–Trinajstić information content (AvgIpc) is 3.26. The first kappa shape index (κ1) is 16.8. The van der Waals surface area contributed by atoms with Crippen LogP contribution in [0.3, 0.4) is 0 Å². The number of rotatable bonds is 4. The Labute approximate surface area is 149 Å². The first-order valence-corrected chi connectivity index (χ1v) is 10.1. The van der Waals surface area contributed by atoms with Crippen LogP contribution in [0.5, 0.6) is 0 Å². The van der Waals surface area contributed by atoms with Gasteiger partial charge in [-0.1, -0.05) is 12.8 Å². The number of hydrogen-bond acceptors (Lipinski definition) is 3. The summed E-state index contributed by atoms with van der Waals surface area (Å²) in [6.45, 7) is 0. The second-order valence-corrected chi connectivity index (χ2v) is 8.18. The number of amides is 1. The van der Waals surface area contributed by atoms with Crippen molar-refractivity contribution in [2.75, 3.05) is 0 Å². The Hall–Kier alpha value is -1.65. The van der Waals surface area contributed by atoms with Gasteiger partial charge in [-0.3, -0.25) is 9.59 Å². The summed E-state index contributed by atoms with van der Waals surface area (Å²) < 4.78 is 1.72. The summed E-state index contributed by atoms with van der Waals surface area (Å²) >= 11 is 0. The van der Waals surface area contributed by atoms with Crippen molar-refractivity contribution in [3.63, 3.8) is 0 Å². The molecule has 1 heterocycles. The van der Waals surface area contributed by atoms with Gasteiger partial charge in [-0.2, -0.15) is 5.10 Å². The molecule has 2 saturated carbocycles. The zero-order valence-electron chi connectivity index (χ0n) is 15.0. The Morgan fingerprint density at radius 1 is 1.08 bits per heavy atom. The number of hydrogen-bond donors (Lipinski definition) is 1. The van der Waals surface area contributed by atoms with E-state index in [1.165, 1.54) is 25.7 Å². The summed E-state index contributed by atoms with van der Waals surface area (Å²) in [5.74, 6) is 0.828. The molecule has 0 radical (unpaired) electrons. The fourth-order valence-electron chi connectivity index (χ4n) is 4.90. The Balaban J connectivity index is 1.31. The van der Waals surface area contributed by atoms with Gasteiger partial charge in [0.05, 0.1) is 11.7 Å². The van der Waals surface area contributed by atoms with Crippen molar-refractivity contribution in [2.24, 2.45) is 5.92 Å². The molecular formula is C20H29N3O2. The molecule has 1 amide bonds. The van der Waals surface area contributed by atoms with E-state index in [2.05, 4.69) is 10.4 Å². The third-order valence-corrected chi connectivity index (χ3v) is 6.34. The van der Waals surface area contributed by atoms with Crippen LogP contribution in [-0.2, 0) is 17.6 Å². The Morgan fingerprint density at radius 2 is 1.84 bits per heavy atom. The molecule has 25 heavy (non-hydrogen) atoms. The summed E-state index contributed by atoms with van der Waals surface area (Å²) in [5, 5.41) is 7.88. The van der Waals surface area contributed by atoms with Crippen molar-refractivity contribution in [1.82, 2.24) is 15.1 Å². The van der Waals surface area contributed by atoms with E-state index in [9.17, 15) is 9.59 Å². The maximum Gasteiger partial charge on any atom is 0.267 e. The van der Waals surface area contributed by atoms with Gasteiger partial charge in [-0.15, -0.1) is 0 Å². The predicted octanol–water partition coefficient (Wildman–Crippen LogP) is 2.91. The zero-order chi connectivity index (χ0) is 17.2. The molecule has 1 aromatic rings. The minimum absolute atomic E-state index is 0.0503. The lowest BCUT2D eigenvalue weighted by Crippen LogP contribution is -2.40. The van der Waals surface area contributed by atoms with E-state index in [1.54, 1.807) is 10.7 Å². The van der Waals surface area contributed by atoms with Crippen LogP contribution in [0.1, 0.15) is 81.5 Å². The van der Waals surface area contributed by atoms with Gasteiger partial charge in [0, 0.05) is 18.5 Å². The number of carbonyl (C=O) groups excluding carboxylic acids is 1. The Kier molecular flexibility index (Phi) is 4.91. The third kappa shape index (κ3) is 3.80.